The highest BCUT2D eigenvalue weighted by atomic mass is 35.5. The van der Waals surface area contributed by atoms with Crippen molar-refractivity contribution in [2.45, 2.75) is 25.6 Å². The second-order valence-electron chi connectivity index (χ2n) is 6.39. The molecule has 2 aromatic rings. The van der Waals surface area contributed by atoms with E-state index in [1.54, 1.807) is 38.1 Å². The van der Waals surface area contributed by atoms with Gasteiger partial charge in [-0.3, -0.25) is 4.79 Å². The molecule has 0 aliphatic carbocycles. The van der Waals surface area contributed by atoms with E-state index in [0.29, 0.717) is 10.7 Å². The van der Waals surface area contributed by atoms with Crippen LogP contribution in [-0.4, -0.2) is 30.1 Å². The zero-order chi connectivity index (χ0) is 20.2. The van der Waals surface area contributed by atoms with E-state index in [1.807, 2.05) is 0 Å². The molecule has 1 heterocycles. The van der Waals surface area contributed by atoms with E-state index in [9.17, 15) is 18.0 Å². The minimum atomic E-state index is -4.73. The van der Waals surface area contributed by atoms with Crippen LogP contribution in [0.4, 0.5) is 24.7 Å². The van der Waals surface area contributed by atoms with Crippen LogP contribution < -0.4 is 10.6 Å². The van der Waals surface area contributed by atoms with Gasteiger partial charge in [-0.1, -0.05) is 17.7 Å². The highest BCUT2D eigenvalue weighted by Crippen LogP contribution is 2.33. The first kappa shape index (κ1) is 21.0. The minimum absolute atomic E-state index is 0.0438. The quantitative estimate of drug-likeness (QED) is 0.739. The smallest absolute Gasteiger partial charge is 0.377 e. The van der Waals surface area contributed by atoms with Crippen molar-refractivity contribution in [2.75, 3.05) is 19.0 Å². The molecule has 0 spiro atoms. The lowest BCUT2D eigenvalue weighted by atomic mass is 10.1. The molecule has 1 aromatic carbocycles. The van der Waals surface area contributed by atoms with E-state index in [1.165, 1.54) is 7.11 Å². The maximum Gasteiger partial charge on any atom is 0.417 e. The number of pyridine rings is 1. The SMILES string of the molecule is COC(C)(C)CNC(=O)c1cnc(Nc2cccc(Cl)c2)cc1C(F)(F)F. The number of carbonyl (C=O) groups excluding carboxylic acids is 1. The zero-order valence-corrected chi connectivity index (χ0v) is 15.7. The summed E-state index contributed by atoms with van der Waals surface area (Å²) in [6.45, 7) is 3.45. The summed E-state index contributed by atoms with van der Waals surface area (Å²) in [5.74, 6) is -0.937. The van der Waals surface area contributed by atoms with Gasteiger partial charge in [0.25, 0.3) is 5.91 Å². The van der Waals surface area contributed by atoms with Gasteiger partial charge in [0.1, 0.15) is 5.82 Å². The molecule has 1 amide bonds. The summed E-state index contributed by atoms with van der Waals surface area (Å²) in [5, 5.41) is 5.60. The average Bonchev–Trinajstić information content (AvgIpc) is 2.59. The summed E-state index contributed by atoms with van der Waals surface area (Å²) in [4.78, 5) is 16.2. The van der Waals surface area contributed by atoms with E-state index in [4.69, 9.17) is 16.3 Å². The standard InChI is InChI=1S/C18H19ClF3N3O2/c1-17(2,27-3)10-24-16(26)13-9-23-15(8-14(13)18(20,21)22)25-12-6-4-5-11(19)7-12/h4-9H,10H2,1-3H3,(H,23,25)(H,24,26). The van der Waals surface area contributed by atoms with Gasteiger partial charge in [-0.25, -0.2) is 4.98 Å². The van der Waals surface area contributed by atoms with E-state index in [-0.39, 0.29) is 12.4 Å². The number of ether oxygens (including phenoxy) is 1. The number of amides is 1. The maximum atomic E-state index is 13.5. The lowest BCUT2D eigenvalue weighted by Crippen LogP contribution is -2.40. The molecule has 0 aliphatic heterocycles. The van der Waals surface area contributed by atoms with Gasteiger partial charge in [0, 0.05) is 30.6 Å². The summed E-state index contributed by atoms with van der Waals surface area (Å²) < 4.78 is 45.5. The van der Waals surface area contributed by atoms with Crippen molar-refractivity contribution in [2.24, 2.45) is 0 Å². The first-order valence-electron chi connectivity index (χ1n) is 7.95. The second-order valence-corrected chi connectivity index (χ2v) is 6.83. The summed E-state index contributed by atoms with van der Waals surface area (Å²) in [7, 11) is 1.45. The molecule has 0 bridgehead atoms. The van der Waals surface area contributed by atoms with Crippen LogP contribution in [0.5, 0.6) is 0 Å². The molecule has 2 N–H and O–H groups in total. The summed E-state index contributed by atoms with van der Waals surface area (Å²) >= 11 is 5.86. The van der Waals surface area contributed by atoms with Gasteiger partial charge in [-0.15, -0.1) is 0 Å². The third-order valence-corrected chi connectivity index (χ3v) is 4.01. The van der Waals surface area contributed by atoms with Crippen LogP contribution in [0.25, 0.3) is 0 Å². The first-order valence-corrected chi connectivity index (χ1v) is 8.33. The first-order chi connectivity index (χ1) is 12.5. The van der Waals surface area contributed by atoms with Gasteiger partial charge in [0.15, 0.2) is 0 Å². The minimum Gasteiger partial charge on any atom is -0.377 e. The fourth-order valence-electron chi connectivity index (χ4n) is 2.11. The number of benzene rings is 1. The molecule has 5 nitrogen and oxygen atoms in total. The van der Waals surface area contributed by atoms with Crippen molar-refractivity contribution in [1.29, 1.82) is 0 Å². The number of alkyl halides is 3. The number of nitrogens with one attached hydrogen (secondary N) is 2. The highest BCUT2D eigenvalue weighted by molar-refractivity contribution is 6.30. The number of methoxy groups -OCH3 is 1. The Labute approximate surface area is 159 Å². The van der Waals surface area contributed by atoms with Gasteiger partial charge in [-0.05, 0) is 38.1 Å². The van der Waals surface area contributed by atoms with Crippen molar-refractivity contribution < 1.29 is 22.7 Å². The molecule has 0 radical (unpaired) electrons. The summed E-state index contributed by atoms with van der Waals surface area (Å²) in [6, 6.07) is 7.25. The van der Waals surface area contributed by atoms with Crippen LogP contribution in [0.2, 0.25) is 5.02 Å². The molecule has 0 fully saturated rings. The molecule has 0 saturated carbocycles. The number of halogens is 4. The van der Waals surface area contributed by atoms with Crippen molar-refractivity contribution in [3.63, 3.8) is 0 Å². The van der Waals surface area contributed by atoms with Crippen LogP contribution in [0.3, 0.4) is 0 Å². The molecule has 27 heavy (non-hydrogen) atoms. The third kappa shape index (κ3) is 5.83. The molecular formula is C18H19ClF3N3O2. The number of aromatic nitrogens is 1. The highest BCUT2D eigenvalue weighted by Gasteiger charge is 2.36. The zero-order valence-electron chi connectivity index (χ0n) is 14.9. The number of nitrogens with zero attached hydrogens (tertiary/aromatic N) is 1. The average molecular weight is 402 g/mol. The molecule has 1 aromatic heterocycles. The Morgan fingerprint density at radius 1 is 1.26 bits per heavy atom. The fourth-order valence-corrected chi connectivity index (χ4v) is 2.30. The normalized spacial score (nSPS) is 12.0. The molecule has 9 heteroatoms. The van der Waals surface area contributed by atoms with Crippen LogP contribution in [0.1, 0.15) is 29.8 Å². The largest absolute Gasteiger partial charge is 0.417 e. The van der Waals surface area contributed by atoms with Crippen molar-refractivity contribution in [3.8, 4) is 0 Å². The molecule has 2 rings (SSSR count). The maximum absolute atomic E-state index is 13.5. The molecular weight excluding hydrogens is 383 g/mol. The Balaban J connectivity index is 2.29. The molecule has 146 valence electrons. The van der Waals surface area contributed by atoms with Crippen molar-refractivity contribution in [3.05, 3.63) is 52.7 Å². The number of anilines is 2. The van der Waals surface area contributed by atoms with Gasteiger partial charge in [0.2, 0.25) is 0 Å². The van der Waals surface area contributed by atoms with Gasteiger partial charge >= 0.3 is 6.18 Å². The second kappa shape index (κ2) is 8.14. The van der Waals surface area contributed by atoms with E-state index in [0.717, 1.165) is 12.3 Å². The van der Waals surface area contributed by atoms with Crippen molar-refractivity contribution >= 4 is 29.0 Å². The predicted molar refractivity (Wildman–Crippen MR) is 97.4 cm³/mol. The third-order valence-electron chi connectivity index (χ3n) is 3.78. The lowest BCUT2D eigenvalue weighted by Gasteiger charge is -2.23. The molecule has 0 saturated heterocycles. The van der Waals surface area contributed by atoms with Crippen LogP contribution in [-0.2, 0) is 10.9 Å². The molecule has 0 aliphatic rings. The van der Waals surface area contributed by atoms with Gasteiger partial charge in [-0.2, -0.15) is 13.2 Å². The lowest BCUT2D eigenvalue weighted by molar-refractivity contribution is -0.137. The fraction of sp³-hybridized carbons (Fsp3) is 0.333. The van der Waals surface area contributed by atoms with Crippen LogP contribution in [0, 0.1) is 0 Å². The topological polar surface area (TPSA) is 63.2 Å². The van der Waals surface area contributed by atoms with Crippen LogP contribution >= 0.6 is 11.6 Å². The monoisotopic (exact) mass is 401 g/mol. The Hall–Kier alpha value is -2.32. The van der Waals surface area contributed by atoms with E-state index < -0.39 is 28.8 Å². The number of hydrogen-bond donors (Lipinski definition) is 2. The summed E-state index contributed by atoms with van der Waals surface area (Å²) in [6.07, 6.45) is -3.83. The van der Waals surface area contributed by atoms with Gasteiger partial charge < -0.3 is 15.4 Å². The number of rotatable bonds is 6. The molecule has 0 unspecified atom stereocenters. The Kier molecular flexibility index (Phi) is 6.33. The Morgan fingerprint density at radius 3 is 2.56 bits per heavy atom. The number of carbonyl (C=O) groups is 1. The van der Waals surface area contributed by atoms with Gasteiger partial charge in [0.05, 0.1) is 16.7 Å². The van der Waals surface area contributed by atoms with E-state index in [2.05, 4.69) is 15.6 Å². The van der Waals surface area contributed by atoms with E-state index >= 15 is 0 Å². The Bertz CT molecular complexity index is 826. The van der Waals surface area contributed by atoms with Crippen LogP contribution in [0.15, 0.2) is 36.5 Å². The summed E-state index contributed by atoms with van der Waals surface area (Å²) in [5.41, 5.74) is -1.89. The number of hydrogen-bond acceptors (Lipinski definition) is 4. The predicted octanol–water partition coefficient (Wildman–Crippen LogP) is 4.65. The Morgan fingerprint density at radius 2 is 1.96 bits per heavy atom. The van der Waals surface area contributed by atoms with Crippen molar-refractivity contribution in [1.82, 2.24) is 10.3 Å². The molecule has 0 atom stereocenters.